The zero-order valence-corrected chi connectivity index (χ0v) is 10.8. The van der Waals surface area contributed by atoms with Crippen molar-refractivity contribution in [2.24, 2.45) is 0 Å². The van der Waals surface area contributed by atoms with Gasteiger partial charge in [-0.2, -0.15) is 0 Å². The zero-order chi connectivity index (χ0) is 10.3. The van der Waals surface area contributed by atoms with E-state index in [2.05, 4.69) is 60.7 Å². The van der Waals surface area contributed by atoms with Crippen molar-refractivity contribution >= 4 is 0 Å². The van der Waals surface area contributed by atoms with Gasteiger partial charge in [0, 0.05) is 0 Å². The molecular weight excluding hydrogens is 363 g/mol. The summed E-state index contributed by atoms with van der Waals surface area (Å²) in [4.78, 5) is 2.57. The Morgan fingerprint density at radius 2 is 1.00 bits per heavy atom. The van der Waals surface area contributed by atoms with E-state index in [9.17, 15) is 0 Å². The first-order valence-electron chi connectivity index (χ1n) is 4.98. The Bertz CT molecular complexity index is 341. The van der Waals surface area contributed by atoms with Gasteiger partial charge < -0.3 is 0 Å². The van der Waals surface area contributed by atoms with Crippen LogP contribution in [0, 0.1) is 0 Å². The fraction of sp³-hybridized carbons (Fsp3) is 0.143. The van der Waals surface area contributed by atoms with Gasteiger partial charge in [0.2, 0.25) is 0 Å². The maximum atomic E-state index is 2.23. The average molecular weight is 377 g/mol. The van der Waals surface area contributed by atoms with Gasteiger partial charge in [-0.15, -0.1) is 0 Å². The van der Waals surface area contributed by atoms with Crippen molar-refractivity contribution in [3.63, 3.8) is 0 Å². The van der Waals surface area contributed by atoms with E-state index in [0.717, 1.165) is 0 Å². The molecule has 2 rings (SSSR count). The number of hydrogen-bond donors (Lipinski definition) is 0. The summed E-state index contributed by atoms with van der Waals surface area (Å²) in [5.41, 5.74) is 2.98. The predicted octanol–water partition coefficient (Wildman–Crippen LogP) is 3.47. The molecule has 0 nitrogen and oxygen atoms in total. The van der Waals surface area contributed by atoms with Crippen LogP contribution >= 0.6 is 0 Å². The van der Waals surface area contributed by atoms with Crippen molar-refractivity contribution < 1.29 is 18.6 Å². The first-order valence-corrected chi connectivity index (χ1v) is 8.19. The van der Waals surface area contributed by atoms with Crippen LogP contribution in [-0.2, 0) is 28.2 Å². The van der Waals surface area contributed by atoms with Gasteiger partial charge in [0.25, 0.3) is 0 Å². The van der Waals surface area contributed by atoms with Crippen LogP contribution in [0.4, 0.5) is 0 Å². The Morgan fingerprint density at radius 1 is 0.600 bits per heavy atom. The fourth-order valence-electron chi connectivity index (χ4n) is 1.33. The first-order chi connectivity index (χ1) is 7.45. The molecule has 0 fully saturated rings. The summed E-state index contributed by atoms with van der Waals surface area (Å²) >= 11 is 0.258. The van der Waals surface area contributed by atoms with Crippen molar-refractivity contribution in [2.75, 3.05) is 0 Å². The number of rotatable bonds is 4. The third-order valence-corrected chi connectivity index (χ3v) is 5.09. The normalized spacial score (nSPS) is 10.4. The number of benzene rings is 2. The van der Waals surface area contributed by atoms with E-state index in [-0.39, 0.29) is 18.6 Å². The molecule has 2 aromatic carbocycles. The van der Waals surface area contributed by atoms with Gasteiger partial charge in [0.1, 0.15) is 0 Å². The summed E-state index contributed by atoms with van der Waals surface area (Å²) in [6.07, 6.45) is 0. The fourth-order valence-corrected chi connectivity index (χ4v) is 3.99. The van der Waals surface area contributed by atoms with Gasteiger partial charge in [-0.1, -0.05) is 0 Å². The van der Waals surface area contributed by atoms with Crippen molar-refractivity contribution in [3.05, 3.63) is 71.8 Å². The summed E-state index contributed by atoms with van der Waals surface area (Å²) in [6, 6.07) is 21.6. The molecule has 0 amide bonds. The standard InChI is InChI=1S/2C7H7.Pt/c2*1-7-5-3-2-4-6-7;/h2*2-6H,1H2;. The monoisotopic (exact) mass is 377 g/mol. The molecule has 0 aliphatic rings. The summed E-state index contributed by atoms with van der Waals surface area (Å²) in [6.45, 7) is 0. The Balaban J connectivity index is 1.81. The second kappa shape index (κ2) is 5.88. The zero-order valence-electron chi connectivity index (χ0n) is 8.50. The van der Waals surface area contributed by atoms with E-state index in [1.165, 1.54) is 20.7 Å². The summed E-state index contributed by atoms with van der Waals surface area (Å²) in [7, 11) is 0. The Kier molecular flexibility index (Phi) is 4.17. The van der Waals surface area contributed by atoms with Crippen molar-refractivity contribution in [3.8, 4) is 0 Å². The van der Waals surface area contributed by atoms with E-state index in [0.29, 0.717) is 0 Å². The van der Waals surface area contributed by atoms with E-state index >= 15 is 0 Å². The molecule has 80 valence electrons. The van der Waals surface area contributed by atoms with E-state index < -0.39 is 0 Å². The van der Waals surface area contributed by atoms with Gasteiger partial charge in [-0.3, -0.25) is 0 Å². The van der Waals surface area contributed by atoms with Gasteiger partial charge in [0.15, 0.2) is 0 Å². The maximum absolute atomic E-state index is 2.23. The third-order valence-electron chi connectivity index (χ3n) is 2.10. The molecule has 0 saturated carbocycles. The molecule has 0 N–H and O–H groups in total. The molecule has 0 atom stereocenters. The third kappa shape index (κ3) is 3.64. The molecule has 0 spiro atoms. The van der Waals surface area contributed by atoms with E-state index in [1.54, 1.807) is 0 Å². The second-order valence-electron chi connectivity index (χ2n) is 3.35. The van der Waals surface area contributed by atoms with Gasteiger partial charge in [0.05, 0.1) is 0 Å². The Hall–Kier alpha value is -0.872. The molecular formula is C14H14Pt. The molecule has 2 aromatic rings. The van der Waals surface area contributed by atoms with Crippen LogP contribution in [0.1, 0.15) is 11.1 Å². The van der Waals surface area contributed by atoms with Crippen LogP contribution in [-0.4, -0.2) is 0 Å². The molecule has 0 unspecified atom stereocenters. The van der Waals surface area contributed by atoms with Crippen LogP contribution in [0.3, 0.4) is 0 Å². The summed E-state index contributed by atoms with van der Waals surface area (Å²) < 4.78 is 0. The van der Waals surface area contributed by atoms with Crippen molar-refractivity contribution in [1.29, 1.82) is 0 Å². The van der Waals surface area contributed by atoms with Crippen LogP contribution in [0.15, 0.2) is 60.7 Å². The molecule has 1 heteroatoms. The molecule has 0 saturated heterocycles. The quantitative estimate of drug-likeness (QED) is 0.766. The summed E-state index contributed by atoms with van der Waals surface area (Å²) in [5.74, 6) is 0. The molecule has 0 heterocycles. The second-order valence-corrected chi connectivity index (χ2v) is 6.10. The Morgan fingerprint density at radius 3 is 1.40 bits per heavy atom. The molecule has 0 aromatic heterocycles. The van der Waals surface area contributed by atoms with Crippen LogP contribution in [0.2, 0.25) is 0 Å². The molecule has 0 aliphatic carbocycles. The van der Waals surface area contributed by atoms with Gasteiger partial charge >= 0.3 is 100.0 Å². The predicted molar refractivity (Wildman–Crippen MR) is 60.3 cm³/mol. The number of hydrogen-bond acceptors (Lipinski definition) is 0. The average Bonchev–Trinajstić information content (AvgIpc) is 2.32. The molecule has 15 heavy (non-hydrogen) atoms. The van der Waals surface area contributed by atoms with Gasteiger partial charge in [-0.05, 0) is 0 Å². The molecule has 0 bridgehead atoms. The Labute approximate surface area is 99.9 Å². The molecule has 0 radical (unpaired) electrons. The molecule has 0 aliphatic heterocycles. The van der Waals surface area contributed by atoms with Crippen LogP contribution in [0.5, 0.6) is 0 Å². The van der Waals surface area contributed by atoms with Crippen LogP contribution in [0.25, 0.3) is 0 Å². The van der Waals surface area contributed by atoms with Crippen molar-refractivity contribution in [2.45, 2.75) is 9.62 Å². The topological polar surface area (TPSA) is 0 Å². The first kappa shape index (κ1) is 10.6. The van der Waals surface area contributed by atoms with E-state index in [1.807, 2.05) is 0 Å². The summed E-state index contributed by atoms with van der Waals surface area (Å²) in [5, 5.41) is 0. The van der Waals surface area contributed by atoms with Crippen LogP contribution < -0.4 is 0 Å². The SMILES string of the molecule is c1ccc([CH2][Pt][CH2]c2ccccc2)cc1. The minimum absolute atomic E-state index is 0.258. The van der Waals surface area contributed by atoms with Gasteiger partial charge in [-0.25, -0.2) is 0 Å². The van der Waals surface area contributed by atoms with Crippen molar-refractivity contribution in [1.82, 2.24) is 0 Å². The van der Waals surface area contributed by atoms with E-state index in [4.69, 9.17) is 0 Å². The minimum atomic E-state index is 0.258.